The van der Waals surface area contributed by atoms with Crippen LogP contribution in [0.25, 0.3) is 0 Å². The van der Waals surface area contributed by atoms with Crippen LogP contribution < -0.4 is 0 Å². The minimum Gasteiger partial charge on any atom is -0.383 e. The number of benzene rings is 1. The summed E-state index contributed by atoms with van der Waals surface area (Å²) < 4.78 is 59.9. The van der Waals surface area contributed by atoms with Gasteiger partial charge in [-0.1, -0.05) is 30.0 Å². The second-order valence-electron chi connectivity index (χ2n) is 2.93. The molecule has 0 amide bonds. The molecule has 1 aromatic rings. The summed E-state index contributed by atoms with van der Waals surface area (Å²) in [5, 5.41) is 0. The third-order valence-corrected chi connectivity index (χ3v) is 2.54. The summed E-state index contributed by atoms with van der Waals surface area (Å²) in [6.07, 6.45) is 1.25. The molecule has 0 fully saturated rings. The molecule has 0 bridgehead atoms. The lowest BCUT2D eigenvalue weighted by Gasteiger charge is -2.04. The van der Waals surface area contributed by atoms with Gasteiger partial charge in [0.1, 0.15) is 6.26 Å². The Labute approximate surface area is 102 Å². The number of halogens is 3. The maximum atomic E-state index is 11.8. The van der Waals surface area contributed by atoms with Crippen LogP contribution in [0.3, 0.4) is 0 Å². The molecule has 96 valence electrons. The molecule has 0 aromatic heterocycles. The van der Waals surface area contributed by atoms with E-state index < -0.39 is 15.6 Å². The second-order valence-corrected chi connectivity index (χ2v) is 4.50. The van der Waals surface area contributed by atoms with E-state index in [0.29, 0.717) is 11.8 Å². The van der Waals surface area contributed by atoms with E-state index in [0.717, 1.165) is 6.08 Å². The molecule has 0 aliphatic carbocycles. The molecular weight excluding hydrogens is 269 g/mol. The van der Waals surface area contributed by atoms with Gasteiger partial charge in [-0.05, 0) is 12.1 Å². The number of rotatable bonds is 2. The Bertz CT molecular complexity index is 577. The third kappa shape index (κ3) is 4.14. The maximum Gasteiger partial charge on any atom is 0.534 e. The van der Waals surface area contributed by atoms with Crippen molar-refractivity contribution in [2.75, 3.05) is 0 Å². The van der Waals surface area contributed by atoms with Crippen molar-refractivity contribution in [1.82, 2.24) is 0 Å². The molecular formula is C11H7F3O3S. The van der Waals surface area contributed by atoms with E-state index in [1.807, 2.05) is 0 Å². The van der Waals surface area contributed by atoms with Crippen LogP contribution in [0.1, 0.15) is 5.56 Å². The van der Waals surface area contributed by atoms with Crippen LogP contribution in [-0.2, 0) is 14.3 Å². The minimum atomic E-state index is -5.60. The van der Waals surface area contributed by atoms with Crippen molar-refractivity contribution in [3.8, 4) is 11.8 Å². The van der Waals surface area contributed by atoms with Crippen molar-refractivity contribution in [1.29, 1.82) is 0 Å². The van der Waals surface area contributed by atoms with E-state index in [-0.39, 0.29) is 0 Å². The molecule has 1 aromatic carbocycles. The molecule has 0 aliphatic rings. The fourth-order valence-corrected chi connectivity index (χ4v) is 1.15. The Morgan fingerprint density at radius 1 is 1.17 bits per heavy atom. The van der Waals surface area contributed by atoms with Crippen molar-refractivity contribution in [3.63, 3.8) is 0 Å². The van der Waals surface area contributed by atoms with Gasteiger partial charge in [-0.25, -0.2) is 0 Å². The quantitative estimate of drug-likeness (QED) is 0.360. The van der Waals surface area contributed by atoms with Crippen LogP contribution in [0, 0.1) is 11.8 Å². The molecule has 18 heavy (non-hydrogen) atoms. The Hall–Kier alpha value is -1.94. The Morgan fingerprint density at radius 2 is 1.78 bits per heavy atom. The third-order valence-electron chi connectivity index (χ3n) is 1.61. The predicted molar refractivity (Wildman–Crippen MR) is 58.5 cm³/mol. The van der Waals surface area contributed by atoms with Crippen LogP contribution in [0.2, 0.25) is 0 Å². The van der Waals surface area contributed by atoms with Gasteiger partial charge in [0, 0.05) is 11.6 Å². The average Bonchev–Trinajstić information content (AvgIpc) is 2.28. The molecule has 7 heteroatoms. The lowest BCUT2D eigenvalue weighted by molar-refractivity contribution is -0.0514. The lowest BCUT2D eigenvalue weighted by atomic mass is 10.2. The smallest absolute Gasteiger partial charge is 0.383 e. The topological polar surface area (TPSA) is 43.4 Å². The van der Waals surface area contributed by atoms with Crippen LogP contribution in [-0.4, -0.2) is 13.9 Å². The number of hydrogen-bond acceptors (Lipinski definition) is 3. The zero-order valence-corrected chi connectivity index (χ0v) is 9.62. The lowest BCUT2D eigenvalue weighted by Crippen LogP contribution is -2.23. The highest BCUT2D eigenvalue weighted by molar-refractivity contribution is 7.87. The van der Waals surface area contributed by atoms with Crippen molar-refractivity contribution >= 4 is 10.1 Å². The van der Waals surface area contributed by atoms with Gasteiger partial charge in [-0.15, -0.1) is 0 Å². The summed E-state index contributed by atoms with van der Waals surface area (Å²) in [6, 6.07) is 8.62. The fourth-order valence-electron chi connectivity index (χ4n) is 0.836. The van der Waals surface area contributed by atoms with Crippen molar-refractivity contribution in [3.05, 3.63) is 48.2 Å². The molecule has 0 N–H and O–H groups in total. The predicted octanol–water partition coefficient (Wildman–Crippen LogP) is 2.42. The number of alkyl halides is 3. The van der Waals surface area contributed by atoms with E-state index in [4.69, 9.17) is 0 Å². The molecule has 0 unspecified atom stereocenters. The molecule has 0 saturated carbocycles. The Kier molecular flexibility index (Phi) is 4.39. The summed E-state index contributed by atoms with van der Waals surface area (Å²) >= 11 is 0. The van der Waals surface area contributed by atoms with Gasteiger partial charge >= 0.3 is 15.6 Å². The van der Waals surface area contributed by atoms with Gasteiger partial charge < -0.3 is 4.18 Å². The first-order valence-electron chi connectivity index (χ1n) is 4.54. The maximum absolute atomic E-state index is 11.8. The minimum absolute atomic E-state index is 0.374. The molecule has 0 saturated heterocycles. The largest absolute Gasteiger partial charge is 0.534 e. The fraction of sp³-hybridized carbons (Fsp3) is 0.0909. The summed E-state index contributed by atoms with van der Waals surface area (Å²) in [5.41, 5.74) is -4.80. The zero-order chi connectivity index (χ0) is 13.6. The van der Waals surface area contributed by atoms with Gasteiger partial charge in [-0.2, -0.15) is 21.6 Å². The standard InChI is InChI=1S/C11H7F3O3S/c12-11(13,14)18(15,16)17-9-5-4-8-10-6-2-1-3-7-10/h1-3,5-7,9H/b9-5+. The van der Waals surface area contributed by atoms with E-state index >= 15 is 0 Å². The average molecular weight is 276 g/mol. The summed E-state index contributed by atoms with van der Waals surface area (Å²) in [6.45, 7) is 0. The summed E-state index contributed by atoms with van der Waals surface area (Å²) in [5.74, 6) is 4.92. The molecule has 3 nitrogen and oxygen atoms in total. The van der Waals surface area contributed by atoms with E-state index in [2.05, 4.69) is 16.0 Å². The first-order chi connectivity index (χ1) is 8.33. The highest BCUT2D eigenvalue weighted by atomic mass is 32.2. The van der Waals surface area contributed by atoms with Crippen molar-refractivity contribution in [2.24, 2.45) is 0 Å². The highest BCUT2D eigenvalue weighted by Crippen LogP contribution is 2.24. The molecule has 1 rings (SSSR count). The first kappa shape index (κ1) is 14.1. The zero-order valence-electron chi connectivity index (χ0n) is 8.81. The van der Waals surface area contributed by atoms with Gasteiger partial charge in [0.25, 0.3) is 0 Å². The SMILES string of the molecule is O=S(=O)(O/C=C/C#Cc1ccccc1)C(F)(F)F. The normalized spacial score (nSPS) is 11.9. The Morgan fingerprint density at radius 3 is 2.33 bits per heavy atom. The van der Waals surface area contributed by atoms with E-state index in [1.54, 1.807) is 30.3 Å². The van der Waals surface area contributed by atoms with E-state index in [1.165, 1.54) is 0 Å². The highest BCUT2D eigenvalue weighted by Gasteiger charge is 2.47. The van der Waals surface area contributed by atoms with Crippen LogP contribution in [0.4, 0.5) is 13.2 Å². The van der Waals surface area contributed by atoms with Gasteiger partial charge in [-0.3, -0.25) is 0 Å². The first-order valence-corrected chi connectivity index (χ1v) is 5.95. The van der Waals surface area contributed by atoms with Gasteiger partial charge in [0.2, 0.25) is 0 Å². The molecule has 0 aliphatic heterocycles. The van der Waals surface area contributed by atoms with Crippen LogP contribution >= 0.6 is 0 Å². The molecule has 0 heterocycles. The molecule has 0 spiro atoms. The summed E-state index contributed by atoms with van der Waals surface area (Å²) in [7, 11) is -5.60. The van der Waals surface area contributed by atoms with Gasteiger partial charge in [0.15, 0.2) is 0 Å². The second kappa shape index (κ2) is 5.60. The molecule has 0 radical (unpaired) electrons. The Balaban J connectivity index is 2.62. The monoisotopic (exact) mass is 276 g/mol. The van der Waals surface area contributed by atoms with Crippen LogP contribution in [0.15, 0.2) is 42.7 Å². The van der Waals surface area contributed by atoms with Gasteiger partial charge in [0.05, 0.1) is 0 Å². The number of allylic oxidation sites excluding steroid dienone is 1. The van der Waals surface area contributed by atoms with E-state index in [9.17, 15) is 21.6 Å². The van der Waals surface area contributed by atoms with Crippen LogP contribution in [0.5, 0.6) is 0 Å². The number of hydrogen-bond donors (Lipinski definition) is 0. The molecule has 0 atom stereocenters. The van der Waals surface area contributed by atoms with Crippen molar-refractivity contribution < 1.29 is 25.8 Å². The summed E-state index contributed by atoms with van der Waals surface area (Å²) in [4.78, 5) is 0. The van der Waals surface area contributed by atoms with Crippen molar-refractivity contribution in [2.45, 2.75) is 5.51 Å².